The van der Waals surface area contributed by atoms with Crippen molar-refractivity contribution in [2.75, 3.05) is 38.6 Å². The molecule has 3 aromatic rings. The highest BCUT2D eigenvalue weighted by Crippen LogP contribution is 2.26. The quantitative estimate of drug-likeness (QED) is 0.626. The fraction of sp³-hybridized carbons (Fsp3) is 0.368. The monoisotopic (exact) mass is 386 g/mol. The van der Waals surface area contributed by atoms with Crippen molar-refractivity contribution in [3.63, 3.8) is 0 Å². The molecular weight excluding hydrogens is 364 g/mol. The van der Waals surface area contributed by atoms with Crippen LogP contribution in [0.2, 0.25) is 0 Å². The summed E-state index contributed by atoms with van der Waals surface area (Å²) in [6.07, 6.45) is 1.67. The number of phenolic OH excluding ortho intramolecular Hbond substituents is 1. The molecule has 3 heterocycles. The fourth-order valence-corrected chi connectivity index (χ4v) is 3.95. The van der Waals surface area contributed by atoms with Gasteiger partial charge in [0, 0.05) is 31.0 Å². The van der Waals surface area contributed by atoms with Crippen molar-refractivity contribution in [2.24, 2.45) is 0 Å². The largest absolute Gasteiger partial charge is 0.508 e. The molecule has 2 aromatic heterocycles. The molecule has 0 saturated carbocycles. The average molecular weight is 386 g/mol. The number of rotatable bonds is 7. The van der Waals surface area contributed by atoms with E-state index in [1.165, 1.54) is 0 Å². The number of thioether (sulfide) groups is 1. The number of aromatic hydroxyl groups is 1. The molecular formula is C19H22N4O3S. The number of aromatic nitrogens is 3. The highest BCUT2D eigenvalue weighted by atomic mass is 32.2. The van der Waals surface area contributed by atoms with E-state index in [2.05, 4.69) is 19.7 Å². The van der Waals surface area contributed by atoms with Crippen LogP contribution in [-0.2, 0) is 11.3 Å². The summed E-state index contributed by atoms with van der Waals surface area (Å²) < 4.78 is 13.0. The molecule has 0 radical (unpaired) electrons. The summed E-state index contributed by atoms with van der Waals surface area (Å²) in [4.78, 5) is 2.41. The van der Waals surface area contributed by atoms with Gasteiger partial charge in [-0.2, -0.15) is 0 Å². The Morgan fingerprint density at radius 2 is 1.89 bits per heavy atom. The lowest BCUT2D eigenvalue weighted by Crippen LogP contribution is -2.37. The molecule has 4 rings (SSSR count). The average Bonchev–Trinajstić information content (AvgIpc) is 3.34. The van der Waals surface area contributed by atoms with Gasteiger partial charge in [-0.25, -0.2) is 0 Å². The van der Waals surface area contributed by atoms with E-state index in [0.29, 0.717) is 6.54 Å². The van der Waals surface area contributed by atoms with E-state index in [-0.39, 0.29) is 5.75 Å². The van der Waals surface area contributed by atoms with Crippen molar-refractivity contribution in [1.29, 1.82) is 0 Å². The van der Waals surface area contributed by atoms with Crippen LogP contribution in [0.15, 0.2) is 52.2 Å². The minimum atomic E-state index is 0.232. The summed E-state index contributed by atoms with van der Waals surface area (Å²) in [6.45, 7) is 5.15. The number of hydrogen-bond donors (Lipinski definition) is 1. The molecule has 1 N–H and O–H groups in total. The number of nitrogens with zero attached hydrogens (tertiary/aromatic N) is 4. The summed E-state index contributed by atoms with van der Waals surface area (Å²) in [5, 5.41) is 19.2. The van der Waals surface area contributed by atoms with Crippen LogP contribution in [0.5, 0.6) is 5.75 Å². The second-order valence-electron chi connectivity index (χ2n) is 6.32. The summed E-state index contributed by atoms with van der Waals surface area (Å²) in [5.74, 6) is 2.78. The van der Waals surface area contributed by atoms with Crippen molar-refractivity contribution in [1.82, 2.24) is 19.7 Å². The molecule has 142 valence electrons. The predicted octanol–water partition coefficient (Wildman–Crippen LogP) is 2.72. The lowest BCUT2D eigenvalue weighted by molar-refractivity contribution is 0.0410. The third-order valence-electron chi connectivity index (χ3n) is 4.48. The van der Waals surface area contributed by atoms with Crippen molar-refractivity contribution in [3.05, 3.63) is 48.4 Å². The van der Waals surface area contributed by atoms with Gasteiger partial charge in [0.1, 0.15) is 11.5 Å². The Morgan fingerprint density at radius 1 is 1.07 bits per heavy atom. The van der Waals surface area contributed by atoms with E-state index in [9.17, 15) is 5.11 Å². The zero-order chi connectivity index (χ0) is 18.5. The molecule has 0 aliphatic carbocycles. The molecule has 27 heavy (non-hydrogen) atoms. The van der Waals surface area contributed by atoms with Crippen LogP contribution in [0.1, 0.15) is 5.76 Å². The van der Waals surface area contributed by atoms with Crippen LogP contribution in [0.4, 0.5) is 0 Å². The van der Waals surface area contributed by atoms with Crippen LogP contribution in [-0.4, -0.2) is 63.4 Å². The molecule has 0 bridgehead atoms. The zero-order valence-corrected chi connectivity index (χ0v) is 15.8. The Hall–Kier alpha value is -2.29. The van der Waals surface area contributed by atoms with Crippen LogP contribution in [0.3, 0.4) is 0 Å². The third-order valence-corrected chi connectivity index (χ3v) is 5.43. The van der Waals surface area contributed by atoms with E-state index in [4.69, 9.17) is 9.15 Å². The molecule has 1 aliphatic rings. The maximum absolute atomic E-state index is 9.55. The van der Waals surface area contributed by atoms with Gasteiger partial charge in [-0.05, 0) is 36.4 Å². The Morgan fingerprint density at radius 3 is 2.63 bits per heavy atom. The minimum absolute atomic E-state index is 0.232. The lowest BCUT2D eigenvalue weighted by atomic mass is 10.2. The van der Waals surface area contributed by atoms with Gasteiger partial charge in [-0.3, -0.25) is 9.47 Å². The first-order chi connectivity index (χ1) is 13.3. The summed E-state index contributed by atoms with van der Waals surface area (Å²) in [5.41, 5.74) is 0.909. The predicted molar refractivity (Wildman–Crippen MR) is 103 cm³/mol. The molecule has 1 saturated heterocycles. The molecule has 8 heteroatoms. The first-order valence-electron chi connectivity index (χ1n) is 8.97. The Balaban J connectivity index is 1.52. The maximum atomic E-state index is 9.55. The van der Waals surface area contributed by atoms with Gasteiger partial charge >= 0.3 is 0 Å². The van der Waals surface area contributed by atoms with Crippen molar-refractivity contribution >= 4 is 11.8 Å². The second kappa shape index (κ2) is 8.60. The first kappa shape index (κ1) is 18.1. The van der Waals surface area contributed by atoms with Crippen molar-refractivity contribution in [2.45, 2.75) is 11.7 Å². The molecule has 7 nitrogen and oxygen atoms in total. The van der Waals surface area contributed by atoms with Gasteiger partial charge in [0.15, 0.2) is 11.0 Å². The summed E-state index contributed by atoms with van der Waals surface area (Å²) in [7, 11) is 0. The van der Waals surface area contributed by atoms with Crippen LogP contribution < -0.4 is 0 Å². The zero-order valence-electron chi connectivity index (χ0n) is 15.0. The van der Waals surface area contributed by atoms with Crippen LogP contribution in [0.25, 0.3) is 11.4 Å². The Bertz CT molecular complexity index is 842. The first-order valence-corrected chi connectivity index (χ1v) is 9.96. The number of hydrogen-bond acceptors (Lipinski definition) is 7. The van der Waals surface area contributed by atoms with Gasteiger partial charge in [-0.1, -0.05) is 11.8 Å². The number of ether oxygens (including phenoxy) is 1. The van der Waals surface area contributed by atoms with Gasteiger partial charge < -0.3 is 14.3 Å². The summed E-state index contributed by atoms with van der Waals surface area (Å²) >= 11 is 1.70. The molecule has 0 amide bonds. The van der Waals surface area contributed by atoms with E-state index < -0.39 is 0 Å². The van der Waals surface area contributed by atoms with Gasteiger partial charge in [0.2, 0.25) is 0 Å². The lowest BCUT2D eigenvalue weighted by Gasteiger charge is -2.26. The molecule has 0 atom stereocenters. The number of phenols is 1. The minimum Gasteiger partial charge on any atom is -0.508 e. The number of morpholine rings is 1. The van der Waals surface area contributed by atoms with Crippen LogP contribution >= 0.6 is 11.8 Å². The molecule has 0 spiro atoms. The van der Waals surface area contributed by atoms with Gasteiger partial charge in [0.05, 0.1) is 26.0 Å². The Labute approximate surface area is 162 Å². The van der Waals surface area contributed by atoms with Crippen molar-refractivity contribution in [3.8, 4) is 17.1 Å². The number of furan rings is 1. The smallest absolute Gasteiger partial charge is 0.191 e. The molecule has 1 aliphatic heterocycles. The normalized spacial score (nSPS) is 15.3. The SMILES string of the molecule is Oc1ccc(-c2nnc(SCCN3CCOCC3)n2Cc2ccco2)cc1. The van der Waals surface area contributed by atoms with Crippen LogP contribution in [0, 0.1) is 0 Å². The molecule has 0 unspecified atom stereocenters. The van der Waals surface area contributed by atoms with E-state index in [0.717, 1.165) is 60.9 Å². The van der Waals surface area contributed by atoms with E-state index in [1.807, 2.05) is 24.3 Å². The fourth-order valence-electron chi connectivity index (χ4n) is 3.01. The van der Waals surface area contributed by atoms with Gasteiger partial charge in [0.25, 0.3) is 0 Å². The van der Waals surface area contributed by atoms with Gasteiger partial charge in [-0.15, -0.1) is 10.2 Å². The van der Waals surface area contributed by atoms with E-state index >= 15 is 0 Å². The van der Waals surface area contributed by atoms with Crippen molar-refractivity contribution < 1.29 is 14.3 Å². The third kappa shape index (κ3) is 4.52. The summed E-state index contributed by atoms with van der Waals surface area (Å²) in [6, 6.07) is 10.8. The highest BCUT2D eigenvalue weighted by Gasteiger charge is 2.17. The highest BCUT2D eigenvalue weighted by molar-refractivity contribution is 7.99. The standard InChI is InChI=1S/C19H22N4O3S/c24-16-5-3-15(4-6-16)18-20-21-19(23(18)14-17-2-1-10-26-17)27-13-9-22-7-11-25-12-8-22/h1-6,10,24H,7-9,11-14H2. The molecule has 1 fully saturated rings. The maximum Gasteiger partial charge on any atom is 0.191 e. The second-order valence-corrected chi connectivity index (χ2v) is 7.38. The van der Waals surface area contributed by atoms with E-state index in [1.54, 1.807) is 30.2 Å². The topological polar surface area (TPSA) is 76.6 Å². The number of benzene rings is 1. The Kier molecular flexibility index (Phi) is 5.76. The molecule has 1 aromatic carbocycles.